The van der Waals surface area contributed by atoms with E-state index in [-0.39, 0.29) is 6.61 Å². The van der Waals surface area contributed by atoms with Gasteiger partial charge in [0.2, 0.25) is 0 Å². The van der Waals surface area contributed by atoms with Gasteiger partial charge in [-0.2, -0.15) is 0 Å². The van der Waals surface area contributed by atoms with E-state index < -0.39 is 0 Å². The van der Waals surface area contributed by atoms with E-state index in [4.69, 9.17) is 0 Å². The Kier molecular flexibility index (Phi) is 6.72. The van der Waals surface area contributed by atoms with Crippen molar-refractivity contribution in [2.45, 2.75) is 52.7 Å². The zero-order valence-corrected chi connectivity index (χ0v) is 13.2. The van der Waals surface area contributed by atoms with Crippen LogP contribution in [0.4, 0.5) is 5.69 Å². The molecule has 1 aromatic rings. The van der Waals surface area contributed by atoms with Gasteiger partial charge in [-0.3, -0.25) is 0 Å². The summed E-state index contributed by atoms with van der Waals surface area (Å²) in [6, 6.07) is 6.60. The van der Waals surface area contributed by atoms with Gasteiger partial charge >= 0.3 is 0 Å². The van der Waals surface area contributed by atoms with Gasteiger partial charge in [-0.25, -0.2) is 0 Å². The molecule has 0 fully saturated rings. The molecule has 0 atom stereocenters. The first-order chi connectivity index (χ1) is 8.60. The lowest BCUT2D eigenvalue weighted by Gasteiger charge is -2.31. The summed E-state index contributed by atoms with van der Waals surface area (Å²) in [7, 11) is 0. The quantitative estimate of drug-likeness (QED) is 0.757. The maximum absolute atomic E-state index is 9.50. The van der Waals surface area contributed by atoms with Gasteiger partial charge in [0, 0.05) is 28.3 Å². The van der Waals surface area contributed by atoms with Gasteiger partial charge in [-0.05, 0) is 38.5 Å². The normalized spacial score (nSPS) is 11.0. The molecule has 1 aromatic carbocycles. The lowest BCUT2D eigenvalue weighted by molar-refractivity contribution is 0.282. The summed E-state index contributed by atoms with van der Waals surface area (Å²) in [4.78, 5) is 2.38. The third kappa shape index (κ3) is 4.29. The Labute approximate surface area is 119 Å². The van der Waals surface area contributed by atoms with Gasteiger partial charge in [-0.1, -0.05) is 35.7 Å². The number of benzene rings is 1. The molecule has 1 rings (SSSR count). The highest BCUT2D eigenvalue weighted by Crippen LogP contribution is 2.26. The zero-order valence-electron chi connectivity index (χ0n) is 11.6. The van der Waals surface area contributed by atoms with E-state index in [1.807, 2.05) is 12.1 Å². The van der Waals surface area contributed by atoms with Gasteiger partial charge in [0.1, 0.15) is 0 Å². The van der Waals surface area contributed by atoms with Gasteiger partial charge < -0.3 is 10.0 Å². The first kappa shape index (κ1) is 15.5. The van der Waals surface area contributed by atoms with Crippen molar-refractivity contribution in [1.29, 1.82) is 0 Å². The van der Waals surface area contributed by atoms with Crippen molar-refractivity contribution in [2.24, 2.45) is 0 Å². The smallest absolute Gasteiger partial charge is 0.0702 e. The molecule has 0 saturated carbocycles. The fraction of sp³-hybridized carbons (Fsp3) is 0.600. The Balaban J connectivity index is 2.90. The summed E-state index contributed by atoms with van der Waals surface area (Å²) >= 11 is 3.46. The lowest BCUT2D eigenvalue weighted by Crippen LogP contribution is -2.32. The second-order valence-electron chi connectivity index (χ2n) is 4.93. The monoisotopic (exact) mass is 313 g/mol. The number of hydrogen-bond donors (Lipinski definition) is 1. The molecule has 0 heterocycles. The molecule has 3 heteroatoms. The summed E-state index contributed by atoms with van der Waals surface area (Å²) in [5.41, 5.74) is 2.15. The summed E-state index contributed by atoms with van der Waals surface area (Å²) < 4.78 is 1.02. The van der Waals surface area contributed by atoms with Crippen molar-refractivity contribution in [2.75, 3.05) is 11.4 Å². The second kappa shape index (κ2) is 7.80. The average molecular weight is 314 g/mol. The van der Waals surface area contributed by atoms with Crippen molar-refractivity contribution >= 4 is 21.6 Å². The highest BCUT2D eigenvalue weighted by atomic mass is 79.9. The maximum Gasteiger partial charge on any atom is 0.0702 e. The van der Waals surface area contributed by atoms with Gasteiger partial charge in [0.05, 0.1) is 6.61 Å². The molecule has 18 heavy (non-hydrogen) atoms. The van der Waals surface area contributed by atoms with Crippen molar-refractivity contribution in [3.8, 4) is 0 Å². The predicted molar refractivity (Wildman–Crippen MR) is 82.1 cm³/mol. The van der Waals surface area contributed by atoms with Crippen LogP contribution in [0.1, 0.15) is 45.6 Å². The molecule has 2 nitrogen and oxygen atoms in total. The molecular weight excluding hydrogens is 290 g/mol. The van der Waals surface area contributed by atoms with Crippen LogP contribution in [0.3, 0.4) is 0 Å². The molecule has 0 amide bonds. The van der Waals surface area contributed by atoms with Crippen molar-refractivity contribution in [1.82, 2.24) is 0 Å². The van der Waals surface area contributed by atoms with E-state index in [1.165, 1.54) is 19.3 Å². The summed E-state index contributed by atoms with van der Waals surface area (Å²) in [5, 5.41) is 9.50. The highest BCUT2D eigenvalue weighted by molar-refractivity contribution is 9.10. The highest BCUT2D eigenvalue weighted by Gasteiger charge is 2.14. The fourth-order valence-corrected chi connectivity index (χ4v) is 2.56. The first-order valence-corrected chi connectivity index (χ1v) is 7.55. The second-order valence-corrected chi connectivity index (χ2v) is 5.84. The van der Waals surface area contributed by atoms with Crippen LogP contribution in [-0.2, 0) is 6.61 Å². The van der Waals surface area contributed by atoms with E-state index in [0.29, 0.717) is 6.04 Å². The number of halogens is 1. The molecule has 0 aromatic heterocycles. The number of nitrogens with zero attached hydrogens (tertiary/aromatic N) is 1. The Morgan fingerprint density at radius 2 is 2.00 bits per heavy atom. The van der Waals surface area contributed by atoms with Crippen molar-refractivity contribution in [3.63, 3.8) is 0 Å². The number of hydrogen-bond acceptors (Lipinski definition) is 2. The van der Waals surface area contributed by atoms with Crippen LogP contribution in [0.2, 0.25) is 0 Å². The minimum Gasteiger partial charge on any atom is -0.392 e. The van der Waals surface area contributed by atoms with Crippen LogP contribution in [0.15, 0.2) is 22.7 Å². The average Bonchev–Trinajstić information content (AvgIpc) is 2.35. The molecular formula is C15H24BrNO. The summed E-state index contributed by atoms with van der Waals surface area (Å²) in [5.74, 6) is 0. The van der Waals surface area contributed by atoms with E-state index in [0.717, 1.165) is 22.3 Å². The minimum absolute atomic E-state index is 0.0891. The third-order valence-corrected chi connectivity index (χ3v) is 3.64. The SMILES string of the molecule is CCCCCN(c1ccc(Br)cc1CO)C(C)C. The van der Waals surface area contributed by atoms with Crippen molar-refractivity contribution in [3.05, 3.63) is 28.2 Å². The van der Waals surface area contributed by atoms with Gasteiger partial charge in [0.25, 0.3) is 0 Å². The predicted octanol–water partition coefficient (Wildman–Crippen LogP) is 4.35. The van der Waals surface area contributed by atoms with Crippen LogP contribution in [0, 0.1) is 0 Å². The maximum atomic E-state index is 9.50. The Morgan fingerprint density at radius 3 is 2.56 bits per heavy atom. The van der Waals surface area contributed by atoms with Crippen LogP contribution >= 0.6 is 15.9 Å². The largest absolute Gasteiger partial charge is 0.392 e. The zero-order chi connectivity index (χ0) is 13.5. The molecule has 1 N–H and O–H groups in total. The summed E-state index contributed by atoms with van der Waals surface area (Å²) in [6.07, 6.45) is 3.70. The number of anilines is 1. The molecule has 102 valence electrons. The Bertz CT molecular complexity index is 366. The molecule has 0 aliphatic rings. The molecule has 0 aliphatic heterocycles. The van der Waals surface area contributed by atoms with Crippen molar-refractivity contribution < 1.29 is 5.11 Å². The van der Waals surface area contributed by atoms with E-state index in [2.05, 4.69) is 47.7 Å². The third-order valence-electron chi connectivity index (χ3n) is 3.15. The molecule has 0 bridgehead atoms. The topological polar surface area (TPSA) is 23.5 Å². The number of rotatable bonds is 7. The number of aliphatic hydroxyl groups excluding tert-OH is 1. The minimum atomic E-state index is 0.0891. The van der Waals surface area contributed by atoms with Gasteiger partial charge in [0.15, 0.2) is 0 Å². The fourth-order valence-electron chi connectivity index (χ4n) is 2.15. The first-order valence-electron chi connectivity index (χ1n) is 6.76. The molecule has 0 aliphatic carbocycles. The van der Waals surface area contributed by atoms with Crippen LogP contribution in [-0.4, -0.2) is 17.7 Å². The van der Waals surface area contributed by atoms with E-state index >= 15 is 0 Å². The standard InChI is InChI=1S/C15H24BrNO/c1-4-5-6-9-17(12(2)3)15-8-7-14(16)10-13(15)11-18/h7-8,10,12,18H,4-6,9,11H2,1-3H3. The molecule has 0 radical (unpaired) electrons. The Morgan fingerprint density at radius 1 is 1.28 bits per heavy atom. The van der Waals surface area contributed by atoms with E-state index in [9.17, 15) is 5.11 Å². The lowest BCUT2D eigenvalue weighted by atomic mass is 10.1. The molecule has 0 saturated heterocycles. The van der Waals surface area contributed by atoms with Crippen LogP contribution < -0.4 is 4.90 Å². The summed E-state index contributed by atoms with van der Waals surface area (Å²) in [6.45, 7) is 7.77. The van der Waals surface area contributed by atoms with Crippen LogP contribution in [0.25, 0.3) is 0 Å². The molecule has 0 unspecified atom stereocenters. The number of unbranched alkanes of at least 4 members (excludes halogenated alkanes) is 2. The Hall–Kier alpha value is -0.540. The van der Waals surface area contributed by atoms with Gasteiger partial charge in [-0.15, -0.1) is 0 Å². The van der Waals surface area contributed by atoms with Crippen LogP contribution in [0.5, 0.6) is 0 Å². The number of aliphatic hydroxyl groups is 1. The van der Waals surface area contributed by atoms with E-state index in [1.54, 1.807) is 0 Å². The molecule has 0 spiro atoms.